The average Bonchev–Trinajstić information content (AvgIpc) is 2.62. The molecule has 1 N–H and O–H groups in total. The summed E-state index contributed by atoms with van der Waals surface area (Å²) in [4.78, 5) is 12.2. The van der Waals surface area contributed by atoms with Crippen LogP contribution in [0.5, 0.6) is 5.75 Å². The van der Waals surface area contributed by atoms with Crippen LogP contribution < -0.4 is 10.1 Å². The summed E-state index contributed by atoms with van der Waals surface area (Å²) >= 11 is 13.8. The zero-order chi connectivity index (χ0) is 18.2. The minimum Gasteiger partial charge on any atom is -0.497 e. The summed E-state index contributed by atoms with van der Waals surface area (Å²) in [7, 11) is 1.64. The van der Waals surface area contributed by atoms with Crippen LogP contribution in [-0.4, -0.2) is 18.8 Å². The predicted octanol–water partition coefficient (Wildman–Crippen LogP) is 5.50. The summed E-state index contributed by atoms with van der Waals surface area (Å²) in [6.45, 7) is 2.05. The van der Waals surface area contributed by atoms with Crippen LogP contribution in [0.25, 0.3) is 0 Å². The van der Waals surface area contributed by atoms with Crippen molar-refractivity contribution in [2.45, 2.75) is 25.1 Å². The van der Waals surface area contributed by atoms with Gasteiger partial charge in [-0.1, -0.05) is 48.3 Å². The normalized spacial score (nSPS) is 11.8. The number of thioether (sulfide) groups is 1. The first-order chi connectivity index (χ1) is 12.0. The van der Waals surface area contributed by atoms with Crippen LogP contribution in [0.2, 0.25) is 10.0 Å². The van der Waals surface area contributed by atoms with Crippen molar-refractivity contribution in [1.29, 1.82) is 0 Å². The van der Waals surface area contributed by atoms with Gasteiger partial charge in [0.05, 0.1) is 18.9 Å². The van der Waals surface area contributed by atoms with Gasteiger partial charge in [-0.05, 0) is 41.8 Å². The molecule has 1 amide bonds. The van der Waals surface area contributed by atoms with Crippen molar-refractivity contribution in [3.05, 3.63) is 63.6 Å². The highest BCUT2D eigenvalue weighted by molar-refractivity contribution is 7.99. The van der Waals surface area contributed by atoms with Crippen molar-refractivity contribution in [2.75, 3.05) is 12.9 Å². The second-order valence-electron chi connectivity index (χ2n) is 5.49. The van der Waals surface area contributed by atoms with Gasteiger partial charge < -0.3 is 10.1 Å². The molecule has 2 aromatic carbocycles. The zero-order valence-corrected chi connectivity index (χ0v) is 16.5. The number of hydrogen-bond donors (Lipinski definition) is 1. The average molecular weight is 398 g/mol. The van der Waals surface area contributed by atoms with Crippen LogP contribution in [0.1, 0.15) is 30.5 Å². The van der Waals surface area contributed by atoms with Crippen molar-refractivity contribution in [2.24, 2.45) is 0 Å². The lowest BCUT2D eigenvalue weighted by molar-refractivity contribution is -0.119. The van der Waals surface area contributed by atoms with Gasteiger partial charge in [0.15, 0.2) is 0 Å². The maximum atomic E-state index is 12.2. The molecule has 0 bridgehead atoms. The molecule has 0 aliphatic heterocycles. The smallest absolute Gasteiger partial charge is 0.230 e. The molecule has 0 saturated carbocycles. The third-order valence-corrected chi connectivity index (χ3v) is 5.47. The number of carbonyl (C=O) groups excluding carboxylic acids is 1. The van der Waals surface area contributed by atoms with Gasteiger partial charge in [0.1, 0.15) is 5.75 Å². The highest BCUT2D eigenvalue weighted by Gasteiger charge is 2.13. The molecule has 0 aromatic heterocycles. The first-order valence-corrected chi connectivity index (χ1v) is 9.90. The van der Waals surface area contributed by atoms with Crippen molar-refractivity contribution in [1.82, 2.24) is 5.32 Å². The van der Waals surface area contributed by atoms with E-state index in [1.165, 1.54) is 11.8 Å². The predicted molar refractivity (Wildman–Crippen MR) is 107 cm³/mol. The van der Waals surface area contributed by atoms with E-state index in [0.717, 1.165) is 23.3 Å². The van der Waals surface area contributed by atoms with E-state index in [-0.39, 0.29) is 11.9 Å². The Balaban J connectivity index is 1.87. The highest BCUT2D eigenvalue weighted by atomic mass is 35.5. The molecule has 6 heteroatoms. The van der Waals surface area contributed by atoms with Crippen LogP contribution in [0.3, 0.4) is 0 Å². The number of rotatable bonds is 8. The maximum Gasteiger partial charge on any atom is 0.230 e. The third-order valence-electron chi connectivity index (χ3n) is 3.80. The Labute approximate surface area is 163 Å². The molecule has 0 aliphatic rings. The summed E-state index contributed by atoms with van der Waals surface area (Å²) in [5.41, 5.74) is 1.93. The lowest BCUT2D eigenvalue weighted by Gasteiger charge is -2.18. The number of methoxy groups -OCH3 is 1. The monoisotopic (exact) mass is 397 g/mol. The molecule has 0 saturated heterocycles. The van der Waals surface area contributed by atoms with Gasteiger partial charge in [-0.25, -0.2) is 0 Å². The molecule has 3 nitrogen and oxygen atoms in total. The van der Waals surface area contributed by atoms with Crippen molar-refractivity contribution in [3.63, 3.8) is 0 Å². The van der Waals surface area contributed by atoms with E-state index in [4.69, 9.17) is 27.9 Å². The zero-order valence-electron chi connectivity index (χ0n) is 14.2. The first-order valence-electron chi connectivity index (χ1n) is 7.99. The summed E-state index contributed by atoms with van der Waals surface area (Å²) in [6.07, 6.45) is 0.819. The fraction of sp³-hybridized carbons (Fsp3) is 0.316. The Bertz CT molecular complexity index is 687. The number of amides is 1. The maximum absolute atomic E-state index is 12.2. The molecule has 0 fully saturated rings. The molecule has 2 aromatic rings. The molecule has 0 spiro atoms. The molecule has 25 heavy (non-hydrogen) atoms. The Kier molecular flexibility index (Phi) is 7.94. The molecular weight excluding hydrogens is 377 g/mol. The van der Waals surface area contributed by atoms with Gasteiger partial charge in [0, 0.05) is 15.8 Å². The first kappa shape index (κ1) is 20.0. The van der Waals surface area contributed by atoms with Gasteiger partial charge in [-0.15, -0.1) is 11.8 Å². The van der Waals surface area contributed by atoms with Crippen LogP contribution in [0.15, 0.2) is 42.5 Å². The van der Waals surface area contributed by atoms with Gasteiger partial charge in [0.2, 0.25) is 5.91 Å². The fourth-order valence-corrected chi connectivity index (χ4v) is 3.98. The second kappa shape index (κ2) is 9.95. The largest absolute Gasteiger partial charge is 0.497 e. The fourth-order valence-electron chi connectivity index (χ4n) is 2.41. The van der Waals surface area contributed by atoms with Crippen molar-refractivity contribution in [3.8, 4) is 5.75 Å². The Hall–Kier alpha value is -1.36. The summed E-state index contributed by atoms with van der Waals surface area (Å²) < 4.78 is 5.17. The van der Waals surface area contributed by atoms with E-state index in [1.54, 1.807) is 19.2 Å². The number of nitrogens with one attached hydrogen (secondary N) is 1. The Morgan fingerprint density at radius 1 is 1.16 bits per heavy atom. The molecule has 0 heterocycles. The highest BCUT2D eigenvalue weighted by Crippen LogP contribution is 2.28. The number of hydrogen-bond acceptors (Lipinski definition) is 3. The van der Waals surface area contributed by atoms with Gasteiger partial charge in [-0.3, -0.25) is 4.79 Å². The Morgan fingerprint density at radius 2 is 1.80 bits per heavy atom. The third kappa shape index (κ3) is 5.84. The lowest BCUT2D eigenvalue weighted by Crippen LogP contribution is -2.29. The van der Waals surface area contributed by atoms with Crippen molar-refractivity contribution < 1.29 is 9.53 Å². The molecule has 134 valence electrons. The molecule has 0 aliphatic carbocycles. The molecule has 1 atom stereocenters. The van der Waals surface area contributed by atoms with E-state index in [0.29, 0.717) is 21.6 Å². The topological polar surface area (TPSA) is 38.3 Å². The minimum atomic E-state index is -0.0112. The minimum absolute atomic E-state index is 0.00385. The summed E-state index contributed by atoms with van der Waals surface area (Å²) in [6, 6.07) is 13.2. The van der Waals surface area contributed by atoms with E-state index < -0.39 is 0 Å². The van der Waals surface area contributed by atoms with E-state index in [1.807, 2.05) is 37.3 Å². The Morgan fingerprint density at radius 3 is 2.36 bits per heavy atom. The van der Waals surface area contributed by atoms with Crippen molar-refractivity contribution >= 4 is 40.9 Å². The lowest BCUT2D eigenvalue weighted by atomic mass is 10.0. The van der Waals surface area contributed by atoms with Crippen LogP contribution in [0, 0.1) is 0 Å². The summed E-state index contributed by atoms with van der Waals surface area (Å²) in [5.74, 6) is 1.76. The van der Waals surface area contributed by atoms with E-state index >= 15 is 0 Å². The molecule has 2 rings (SSSR count). The molecule has 0 radical (unpaired) electrons. The van der Waals surface area contributed by atoms with Crippen LogP contribution in [0.4, 0.5) is 0 Å². The van der Waals surface area contributed by atoms with Gasteiger partial charge in [0.25, 0.3) is 0 Å². The van der Waals surface area contributed by atoms with Gasteiger partial charge >= 0.3 is 0 Å². The van der Waals surface area contributed by atoms with Crippen LogP contribution >= 0.6 is 35.0 Å². The van der Waals surface area contributed by atoms with E-state index in [9.17, 15) is 4.79 Å². The number of benzene rings is 2. The second-order valence-corrected chi connectivity index (χ2v) is 7.29. The van der Waals surface area contributed by atoms with E-state index in [2.05, 4.69) is 5.32 Å². The molecule has 1 unspecified atom stereocenters. The van der Waals surface area contributed by atoms with Crippen LogP contribution in [-0.2, 0) is 10.5 Å². The number of carbonyl (C=O) groups is 1. The van der Waals surface area contributed by atoms with Gasteiger partial charge in [-0.2, -0.15) is 0 Å². The number of ether oxygens (including phenoxy) is 1. The summed E-state index contributed by atoms with van der Waals surface area (Å²) in [5, 5.41) is 4.33. The molecular formula is C19H21Cl2NO2S. The standard InChI is InChI=1S/C19H21Cl2NO2S/c1-3-18(13-7-9-14(24-2)10-8-13)22-19(23)12-25-11-15-16(20)5-4-6-17(15)21/h4-10,18H,3,11-12H2,1-2H3,(H,22,23). The SMILES string of the molecule is CCC(NC(=O)CSCc1c(Cl)cccc1Cl)c1ccc(OC)cc1. The quantitative estimate of drug-likeness (QED) is 0.638. The number of halogens is 2.